The van der Waals surface area contributed by atoms with Gasteiger partial charge in [0, 0.05) is 16.9 Å². The van der Waals surface area contributed by atoms with Gasteiger partial charge in [0.1, 0.15) is 0 Å². The minimum atomic E-state index is -4.37. The zero-order chi connectivity index (χ0) is 19.6. The fourth-order valence-corrected chi connectivity index (χ4v) is 3.38. The first-order valence-electron chi connectivity index (χ1n) is 8.52. The fourth-order valence-electron chi connectivity index (χ4n) is 2.62. The highest BCUT2D eigenvalue weighted by Gasteiger charge is 2.30. The van der Waals surface area contributed by atoms with E-state index in [0.717, 1.165) is 29.2 Å². The quantitative estimate of drug-likeness (QED) is 0.553. The zero-order valence-corrected chi connectivity index (χ0v) is 15.3. The van der Waals surface area contributed by atoms with Crippen molar-refractivity contribution in [1.82, 2.24) is 10.1 Å². The van der Waals surface area contributed by atoms with Crippen LogP contribution in [0.4, 0.5) is 13.2 Å². The number of hydrogen-bond acceptors (Lipinski definition) is 6. The maximum Gasteiger partial charge on any atom is 0.416 e. The van der Waals surface area contributed by atoms with Gasteiger partial charge in [-0.3, -0.25) is 0 Å². The van der Waals surface area contributed by atoms with Gasteiger partial charge in [0.15, 0.2) is 11.5 Å². The topological polar surface area (TPSA) is 57.4 Å². The average molecular weight is 408 g/mol. The Morgan fingerprint density at radius 2 is 1.71 bits per heavy atom. The zero-order valence-electron chi connectivity index (χ0n) is 14.5. The molecule has 0 radical (unpaired) electrons. The molecule has 0 saturated carbocycles. The van der Waals surface area contributed by atoms with E-state index in [-0.39, 0.29) is 5.82 Å². The first-order chi connectivity index (χ1) is 13.5. The van der Waals surface area contributed by atoms with E-state index in [1.165, 1.54) is 23.9 Å². The van der Waals surface area contributed by atoms with Crippen LogP contribution in [0.1, 0.15) is 17.9 Å². The van der Waals surface area contributed by atoms with Gasteiger partial charge in [-0.05, 0) is 30.3 Å². The second kappa shape index (κ2) is 7.75. The Morgan fingerprint density at radius 1 is 0.964 bits per heavy atom. The van der Waals surface area contributed by atoms with Crippen molar-refractivity contribution in [3.05, 3.63) is 53.9 Å². The lowest BCUT2D eigenvalue weighted by Gasteiger charge is -2.08. The third kappa shape index (κ3) is 4.24. The van der Waals surface area contributed by atoms with Gasteiger partial charge < -0.3 is 14.0 Å². The van der Waals surface area contributed by atoms with E-state index < -0.39 is 11.7 Å². The van der Waals surface area contributed by atoms with Crippen molar-refractivity contribution < 1.29 is 27.2 Å². The van der Waals surface area contributed by atoms with Gasteiger partial charge in [-0.15, -0.1) is 11.8 Å². The number of rotatable bonds is 4. The Balaban J connectivity index is 1.42. The molecule has 0 fully saturated rings. The lowest BCUT2D eigenvalue weighted by atomic mass is 10.1. The maximum atomic E-state index is 12.6. The molecule has 9 heteroatoms. The molecule has 0 atom stereocenters. The highest BCUT2D eigenvalue weighted by molar-refractivity contribution is 7.98. The minimum Gasteiger partial charge on any atom is -0.490 e. The number of ether oxygens (including phenoxy) is 2. The van der Waals surface area contributed by atoms with Crippen LogP contribution in [0.15, 0.2) is 51.9 Å². The van der Waals surface area contributed by atoms with E-state index >= 15 is 0 Å². The van der Waals surface area contributed by atoms with Crippen molar-refractivity contribution in [3.63, 3.8) is 0 Å². The third-order valence-electron chi connectivity index (χ3n) is 4.02. The summed E-state index contributed by atoms with van der Waals surface area (Å²) in [6.45, 7) is 1.25. The summed E-state index contributed by atoms with van der Waals surface area (Å²) in [7, 11) is 0. The van der Waals surface area contributed by atoms with Gasteiger partial charge in [-0.1, -0.05) is 17.3 Å². The second-order valence-corrected chi connectivity index (χ2v) is 7.08. The molecule has 1 aliphatic rings. The highest BCUT2D eigenvalue weighted by Crippen LogP contribution is 2.35. The molecule has 0 spiro atoms. The molecule has 4 rings (SSSR count). The van der Waals surface area contributed by atoms with E-state index in [1.807, 2.05) is 18.2 Å². The summed E-state index contributed by atoms with van der Waals surface area (Å²) < 4.78 is 54.4. The molecule has 0 amide bonds. The van der Waals surface area contributed by atoms with Gasteiger partial charge in [0.25, 0.3) is 0 Å². The molecule has 0 saturated heterocycles. The maximum absolute atomic E-state index is 12.6. The normalized spacial score (nSPS) is 14.0. The number of thioether (sulfide) groups is 1. The standard InChI is InChI=1S/C19H15F3N2O3S/c20-19(21,22)13-4-2-12(3-5-13)18-23-17(27-24-18)11-28-14-6-7-15-16(10-14)26-9-1-8-25-15/h2-7,10H,1,8-9,11H2. The third-order valence-corrected chi connectivity index (χ3v) is 5.00. The Hall–Kier alpha value is -2.68. The van der Waals surface area contributed by atoms with Crippen LogP contribution >= 0.6 is 11.8 Å². The molecule has 0 bridgehead atoms. The molecule has 2 aromatic carbocycles. The summed E-state index contributed by atoms with van der Waals surface area (Å²) in [6, 6.07) is 10.3. The molecule has 0 aliphatic carbocycles. The van der Waals surface area contributed by atoms with Crippen molar-refractivity contribution in [1.29, 1.82) is 0 Å². The predicted molar refractivity (Wildman–Crippen MR) is 96.3 cm³/mol. The largest absolute Gasteiger partial charge is 0.490 e. The summed E-state index contributed by atoms with van der Waals surface area (Å²) >= 11 is 1.49. The van der Waals surface area contributed by atoms with Crippen molar-refractivity contribution in [2.75, 3.05) is 13.2 Å². The van der Waals surface area contributed by atoms with E-state index in [4.69, 9.17) is 14.0 Å². The minimum absolute atomic E-state index is 0.253. The van der Waals surface area contributed by atoms with Crippen LogP contribution in [0, 0.1) is 0 Å². The van der Waals surface area contributed by atoms with Crippen LogP contribution in [0.3, 0.4) is 0 Å². The average Bonchev–Trinajstić information content (AvgIpc) is 3.03. The van der Waals surface area contributed by atoms with Crippen molar-refractivity contribution in [2.24, 2.45) is 0 Å². The second-order valence-electron chi connectivity index (χ2n) is 6.03. The van der Waals surface area contributed by atoms with Crippen LogP contribution in [0.5, 0.6) is 11.5 Å². The van der Waals surface area contributed by atoms with Gasteiger partial charge in [-0.25, -0.2) is 0 Å². The first-order valence-corrected chi connectivity index (χ1v) is 9.50. The summed E-state index contributed by atoms with van der Waals surface area (Å²) in [5, 5.41) is 3.85. The van der Waals surface area contributed by atoms with Gasteiger partial charge >= 0.3 is 6.18 Å². The van der Waals surface area contributed by atoms with Crippen LogP contribution in [-0.2, 0) is 11.9 Å². The number of nitrogens with zero attached hydrogens (tertiary/aromatic N) is 2. The molecule has 28 heavy (non-hydrogen) atoms. The van der Waals surface area contributed by atoms with E-state index in [9.17, 15) is 13.2 Å². The van der Waals surface area contributed by atoms with E-state index in [2.05, 4.69) is 10.1 Å². The molecule has 0 unspecified atom stereocenters. The predicted octanol–water partition coefficient (Wildman–Crippen LogP) is 5.21. The summed E-state index contributed by atoms with van der Waals surface area (Å²) in [5.74, 6) is 2.49. The lowest BCUT2D eigenvalue weighted by Crippen LogP contribution is -2.04. The van der Waals surface area contributed by atoms with E-state index in [1.54, 1.807) is 0 Å². The van der Waals surface area contributed by atoms with E-state index in [0.29, 0.717) is 36.2 Å². The van der Waals surface area contributed by atoms with Crippen LogP contribution < -0.4 is 9.47 Å². The Bertz CT molecular complexity index is 958. The highest BCUT2D eigenvalue weighted by atomic mass is 32.2. The molecule has 3 aromatic rings. The molecule has 1 aromatic heterocycles. The molecular weight excluding hydrogens is 393 g/mol. The van der Waals surface area contributed by atoms with Gasteiger partial charge in [-0.2, -0.15) is 18.2 Å². The van der Waals surface area contributed by atoms with Crippen LogP contribution in [0.2, 0.25) is 0 Å². The summed E-state index contributed by atoms with van der Waals surface area (Å²) in [5.41, 5.74) is -0.256. The molecule has 2 heterocycles. The first kappa shape index (κ1) is 18.7. The number of alkyl halides is 3. The summed E-state index contributed by atoms with van der Waals surface area (Å²) in [6.07, 6.45) is -3.54. The van der Waals surface area contributed by atoms with Gasteiger partial charge in [0.05, 0.1) is 24.5 Å². The Kier molecular flexibility index (Phi) is 5.17. The smallest absolute Gasteiger partial charge is 0.416 e. The Morgan fingerprint density at radius 3 is 2.46 bits per heavy atom. The molecule has 1 aliphatic heterocycles. The Labute approximate surface area is 162 Å². The van der Waals surface area contributed by atoms with Crippen LogP contribution in [0.25, 0.3) is 11.4 Å². The summed E-state index contributed by atoms with van der Waals surface area (Å²) in [4.78, 5) is 5.21. The number of benzene rings is 2. The number of fused-ring (bicyclic) bond motifs is 1. The van der Waals surface area contributed by atoms with Crippen LogP contribution in [-0.4, -0.2) is 23.4 Å². The number of halogens is 3. The fraction of sp³-hybridized carbons (Fsp3) is 0.263. The van der Waals surface area contributed by atoms with Crippen molar-refractivity contribution >= 4 is 11.8 Å². The van der Waals surface area contributed by atoms with Gasteiger partial charge in [0.2, 0.25) is 11.7 Å². The number of hydrogen-bond donors (Lipinski definition) is 0. The molecule has 146 valence electrons. The lowest BCUT2D eigenvalue weighted by molar-refractivity contribution is -0.137. The SMILES string of the molecule is FC(F)(F)c1ccc(-c2noc(CSc3ccc4c(c3)OCCCO4)n2)cc1. The monoisotopic (exact) mass is 408 g/mol. The molecule has 0 N–H and O–H groups in total. The molecular formula is C19H15F3N2O3S. The number of aromatic nitrogens is 2. The van der Waals surface area contributed by atoms with Crippen molar-refractivity contribution in [3.8, 4) is 22.9 Å². The molecule has 5 nitrogen and oxygen atoms in total. The van der Waals surface area contributed by atoms with Crippen molar-refractivity contribution in [2.45, 2.75) is 23.2 Å².